The van der Waals surface area contributed by atoms with Gasteiger partial charge < -0.3 is 5.11 Å². The number of alkyl halides is 3. The van der Waals surface area contributed by atoms with E-state index in [2.05, 4.69) is 11.1 Å². The maximum absolute atomic E-state index is 12.6. The Morgan fingerprint density at radius 1 is 1.17 bits per heavy atom. The Morgan fingerprint density at radius 3 is 2.44 bits per heavy atom. The quantitative estimate of drug-likeness (QED) is 0.890. The van der Waals surface area contributed by atoms with Crippen molar-refractivity contribution in [1.29, 1.82) is 0 Å². The number of nitrogens with zero attached hydrogens (tertiary/aromatic N) is 1. The number of benzene rings is 1. The lowest BCUT2D eigenvalue weighted by molar-refractivity contribution is -0.206. The van der Waals surface area contributed by atoms with Gasteiger partial charge in [0.2, 0.25) is 0 Å². The van der Waals surface area contributed by atoms with Crippen LogP contribution in [0.25, 0.3) is 11.1 Å². The molecule has 0 saturated carbocycles. The van der Waals surface area contributed by atoms with Gasteiger partial charge in [-0.05, 0) is 17.7 Å². The highest BCUT2D eigenvalue weighted by atomic mass is 19.4. The maximum Gasteiger partial charge on any atom is 0.418 e. The molecule has 18 heavy (non-hydrogen) atoms. The molecule has 0 amide bonds. The number of pyridine rings is 1. The van der Waals surface area contributed by atoms with Crippen LogP contribution in [0.2, 0.25) is 0 Å². The third kappa shape index (κ3) is 2.51. The van der Waals surface area contributed by atoms with Crippen molar-refractivity contribution in [2.75, 3.05) is 0 Å². The van der Waals surface area contributed by atoms with Gasteiger partial charge in [-0.3, -0.25) is 4.98 Å². The molecule has 0 aliphatic rings. The zero-order valence-electron chi connectivity index (χ0n) is 9.15. The summed E-state index contributed by atoms with van der Waals surface area (Å²) in [6, 6.07) is 10.4. The number of hydrogen-bond acceptors (Lipinski definition) is 2. The Bertz CT molecular complexity index is 525. The second-order valence-electron chi connectivity index (χ2n) is 3.70. The van der Waals surface area contributed by atoms with Gasteiger partial charge in [-0.1, -0.05) is 24.3 Å². The molecule has 0 fully saturated rings. The Balaban J connectivity index is 2.51. The van der Waals surface area contributed by atoms with Gasteiger partial charge >= 0.3 is 6.18 Å². The molecule has 1 unspecified atom stereocenters. The summed E-state index contributed by atoms with van der Waals surface area (Å²) in [5.74, 6) is 0. The van der Waals surface area contributed by atoms with E-state index >= 15 is 0 Å². The molecule has 0 bridgehead atoms. The van der Waals surface area contributed by atoms with Crippen molar-refractivity contribution in [2.24, 2.45) is 0 Å². The van der Waals surface area contributed by atoms with Gasteiger partial charge in [0.25, 0.3) is 0 Å². The Labute approximate surface area is 102 Å². The van der Waals surface area contributed by atoms with Crippen LogP contribution < -0.4 is 0 Å². The smallest absolute Gasteiger partial charge is 0.379 e. The van der Waals surface area contributed by atoms with E-state index in [4.69, 9.17) is 0 Å². The van der Waals surface area contributed by atoms with E-state index in [-0.39, 0.29) is 11.1 Å². The molecule has 5 heteroatoms. The molecule has 0 aliphatic heterocycles. The summed E-state index contributed by atoms with van der Waals surface area (Å²) in [6.07, 6.45) is -4.68. The molecule has 0 saturated heterocycles. The first kappa shape index (κ1) is 12.6. The van der Waals surface area contributed by atoms with Crippen molar-refractivity contribution in [1.82, 2.24) is 4.98 Å². The number of rotatable bonds is 2. The molecule has 1 atom stereocenters. The summed E-state index contributed by atoms with van der Waals surface area (Å²) in [7, 11) is 0. The second-order valence-corrected chi connectivity index (χ2v) is 3.70. The van der Waals surface area contributed by atoms with E-state index in [0.29, 0.717) is 5.56 Å². The van der Waals surface area contributed by atoms with Crippen LogP contribution in [0.4, 0.5) is 13.2 Å². The minimum absolute atomic E-state index is 0.205. The largest absolute Gasteiger partial charge is 0.418 e. The fraction of sp³-hybridized carbons (Fsp3) is 0.154. The minimum atomic E-state index is -4.70. The number of aromatic nitrogens is 1. The predicted octanol–water partition coefficient (Wildman–Crippen LogP) is 3.14. The molecule has 1 N–H and O–H groups in total. The van der Waals surface area contributed by atoms with Gasteiger partial charge in [0.15, 0.2) is 6.10 Å². The van der Waals surface area contributed by atoms with Gasteiger partial charge in [0.05, 0.1) is 0 Å². The van der Waals surface area contributed by atoms with E-state index in [1.807, 2.05) is 0 Å². The maximum atomic E-state index is 12.6. The molecule has 2 nitrogen and oxygen atoms in total. The SMILES string of the molecule is OC(c1ccncc1-c1cc[c]cc1)C(F)(F)F. The van der Waals surface area contributed by atoms with Crippen molar-refractivity contribution in [3.8, 4) is 11.1 Å². The van der Waals surface area contributed by atoms with Gasteiger partial charge in [0.1, 0.15) is 0 Å². The van der Waals surface area contributed by atoms with E-state index in [1.165, 1.54) is 18.5 Å². The molecule has 2 aromatic rings. The average Bonchev–Trinajstić information content (AvgIpc) is 2.38. The fourth-order valence-electron chi connectivity index (χ4n) is 1.63. The van der Waals surface area contributed by atoms with Gasteiger partial charge in [-0.15, -0.1) is 0 Å². The van der Waals surface area contributed by atoms with Crippen molar-refractivity contribution in [2.45, 2.75) is 12.3 Å². The summed E-state index contributed by atoms with van der Waals surface area (Å²) in [5, 5.41) is 9.34. The molecule has 0 spiro atoms. The molecule has 1 radical (unpaired) electrons. The monoisotopic (exact) mass is 252 g/mol. The molecular formula is C13H9F3NO. The normalized spacial score (nSPS) is 13.3. The minimum Gasteiger partial charge on any atom is -0.379 e. The van der Waals surface area contributed by atoms with Crippen LogP contribution in [0.15, 0.2) is 42.7 Å². The van der Waals surface area contributed by atoms with Crippen molar-refractivity contribution in [3.63, 3.8) is 0 Å². The Kier molecular flexibility index (Phi) is 3.34. The van der Waals surface area contributed by atoms with Crippen LogP contribution in [-0.4, -0.2) is 16.3 Å². The van der Waals surface area contributed by atoms with Crippen LogP contribution in [0, 0.1) is 6.07 Å². The second kappa shape index (κ2) is 4.78. The van der Waals surface area contributed by atoms with Crippen molar-refractivity contribution < 1.29 is 18.3 Å². The Hall–Kier alpha value is -1.88. The van der Waals surface area contributed by atoms with Crippen LogP contribution >= 0.6 is 0 Å². The molecule has 2 rings (SSSR count). The summed E-state index contributed by atoms with van der Waals surface area (Å²) in [4.78, 5) is 3.80. The lowest BCUT2D eigenvalue weighted by Gasteiger charge is -2.17. The zero-order valence-corrected chi connectivity index (χ0v) is 9.15. The fourth-order valence-corrected chi connectivity index (χ4v) is 1.63. The Morgan fingerprint density at radius 2 is 1.83 bits per heavy atom. The molecule has 1 aromatic heterocycles. The molecular weight excluding hydrogens is 243 g/mol. The van der Waals surface area contributed by atoms with E-state index < -0.39 is 12.3 Å². The number of hydrogen-bond donors (Lipinski definition) is 1. The highest BCUT2D eigenvalue weighted by Gasteiger charge is 2.40. The molecule has 1 aromatic carbocycles. The first-order valence-electron chi connectivity index (χ1n) is 5.15. The van der Waals surface area contributed by atoms with Crippen molar-refractivity contribution >= 4 is 0 Å². The zero-order chi connectivity index (χ0) is 13.2. The molecule has 93 valence electrons. The van der Waals surface area contributed by atoms with Crippen LogP contribution in [0.3, 0.4) is 0 Å². The third-order valence-corrected chi connectivity index (χ3v) is 2.49. The lowest BCUT2D eigenvalue weighted by Crippen LogP contribution is -2.20. The standard InChI is InChI=1S/C13H9F3NO/c14-13(15,16)12(18)10-6-7-17-8-11(10)9-4-2-1-3-5-9/h2-8,12,18H. The van der Waals surface area contributed by atoms with Gasteiger partial charge in [-0.2, -0.15) is 13.2 Å². The number of halogens is 3. The highest BCUT2D eigenvalue weighted by molar-refractivity contribution is 5.66. The highest BCUT2D eigenvalue weighted by Crippen LogP contribution is 2.37. The number of aliphatic hydroxyl groups excluding tert-OH is 1. The lowest BCUT2D eigenvalue weighted by atomic mass is 9.98. The summed E-state index contributed by atoms with van der Waals surface area (Å²) < 4.78 is 37.7. The van der Waals surface area contributed by atoms with Crippen LogP contribution in [0.5, 0.6) is 0 Å². The van der Waals surface area contributed by atoms with E-state index in [0.717, 1.165) is 0 Å². The van der Waals surface area contributed by atoms with Gasteiger partial charge in [-0.25, -0.2) is 0 Å². The topological polar surface area (TPSA) is 33.1 Å². The summed E-state index contributed by atoms with van der Waals surface area (Å²) in [5.41, 5.74) is 0.611. The van der Waals surface area contributed by atoms with E-state index in [1.54, 1.807) is 24.3 Å². The number of aliphatic hydroxyl groups is 1. The van der Waals surface area contributed by atoms with Crippen LogP contribution in [0.1, 0.15) is 11.7 Å². The predicted molar refractivity (Wildman–Crippen MR) is 59.5 cm³/mol. The van der Waals surface area contributed by atoms with Crippen LogP contribution in [-0.2, 0) is 0 Å². The average molecular weight is 252 g/mol. The first-order chi connectivity index (χ1) is 8.50. The third-order valence-electron chi connectivity index (χ3n) is 2.49. The molecule has 1 heterocycles. The van der Waals surface area contributed by atoms with Gasteiger partial charge in [0, 0.05) is 23.5 Å². The summed E-state index contributed by atoms with van der Waals surface area (Å²) in [6.45, 7) is 0. The molecule has 0 aliphatic carbocycles. The van der Waals surface area contributed by atoms with E-state index in [9.17, 15) is 18.3 Å². The summed E-state index contributed by atoms with van der Waals surface area (Å²) >= 11 is 0. The van der Waals surface area contributed by atoms with Crippen molar-refractivity contribution in [3.05, 3.63) is 54.4 Å². The first-order valence-corrected chi connectivity index (χ1v) is 5.15.